The Morgan fingerprint density at radius 3 is 1.79 bits per heavy atom. The van der Waals surface area contributed by atoms with Crippen molar-refractivity contribution in [2.75, 3.05) is 6.61 Å². The summed E-state index contributed by atoms with van der Waals surface area (Å²) in [5.74, 6) is -4.07. The number of esters is 4. The highest BCUT2D eigenvalue weighted by atomic mass is 16.6. The Bertz CT molecular complexity index is 624. The van der Waals surface area contributed by atoms with Crippen LogP contribution in [0.1, 0.15) is 47.5 Å². The van der Waals surface area contributed by atoms with Crippen LogP contribution in [0.5, 0.6) is 0 Å². The third-order valence-electron chi connectivity index (χ3n) is 3.37. The van der Waals surface area contributed by atoms with E-state index in [0.717, 1.165) is 40.2 Å². The van der Waals surface area contributed by atoms with Crippen LogP contribution < -0.4 is 0 Å². The van der Waals surface area contributed by atoms with E-state index < -0.39 is 60.7 Å². The Balaban J connectivity index is 6.02. The lowest BCUT2D eigenvalue weighted by molar-refractivity contribution is -0.196. The number of ether oxygens (including phenoxy) is 4. The predicted octanol–water partition coefficient (Wildman–Crippen LogP) is 0.631. The number of hydrogen-bond donors (Lipinski definition) is 1. The Hall–Kier alpha value is -2.75. The molecule has 164 valence electrons. The third kappa shape index (κ3) is 11.0. The maximum absolute atomic E-state index is 12.6. The molecule has 4 atom stereocenters. The molecule has 0 bridgehead atoms. The van der Waals surface area contributed by atoms with Gasteiger partial charge in [-0.15, -0.1) is 0 Å². The molecule has 0 aromatic carbocycles. The van der Waals surface area contributed by atoms with Crippen molar-refractivity contribution < 1.29 is 48.0 Å². The fourth-order valence-corrected chi connectivity index (χ4v) is 2.27. The zero-order valence-electron chi connectivity index (χ0n) is 17.2. The minimum atomic E-state index is -1.69. The zero-order chi connectivity index (χ0) is 22.6. The molecule has 0 spiro atoms. The first-order chi connectivity index (χ1) is 13.5. The molecule has 0 aromatic rings. The predicted molar refractivity (Wildman–Crippen MR) is 98.4 cm³/mol. The van der Waals surface area contributed by atoms with Gasteiger partial charge in [-0.1, -0.05) is 19.4 Å². The van der Waals surface area contributed by atoms with Crippen LogP contribution >= 0.6 is 0 Å². The van der Waals surface area contributed by atoms with E-state index in [0.29, 0.717) is 6.42 Å². The van der Waals surface area contributed by atoms with Crippen LogP contribution in [0.4, 0.5) is 0 Å². The van der Waals surface area contributed by atoms with Crippen LogP contribution in [0.2, 0.25) is 0 Å². The fraction of sp³-hybridized carbons (Fsp3) is 0.632. The Kier molecular flexibility index (Phi) is 12.2. The van der Waals surface area contributed by atoms with Crippen LogP contribution in [0.25, 0.3) is 0 Å². The maximum atomic E-state index is 12.6. The molecule has 0 unspecified atom stereocenters. The monoisotopic (exact) mass is 416 g/mol. The quantitative estimate of drug-likeness (QED) is 0.273. The van der Waals surface area contributed by atoms with Crippen LogP contribution in [-0.2, 0) is 42.9 Å². The smallest absolute Gasteiger partial charge is 0.303 e. The van der Waals surface area contributed by atoms with Gasteiger partial charge >= 0.3 is 23.9 Å². The Labute approximate surface area is 169 Å². The number of aliphatic hydroxyl groups is 1. The molecule has 0 radical (unpaired) electrons. The average molecular weight is 416 g/mol. The lowest BCUT2D eigenvalue weighted by atomic mass is 9.98. The van der Waals surface area contributed by atoms with Crippen molar-refractivity contribution in [2.24, 2.45) is 0 Å². The summed E-state index contributed by atoms with van der Waals surface area (Å²) in [5.41, 5.74) is 0. The van der Waals surface area contributed by atoms with E-state index in [9.17, 15) is 29.1 Å². The molecular weight excluding hydrogens is 388 g/mol. The molecule has 0 aliphatic carbocycles. The summed E-state index contributed by atoms with van der Waals surface area (Å²) in [7, 11) is 0. The van der Waals surface area contributed by atoms with Gasteiger partial charge in [0, 0.05) is 27.7 Å². The summed E-state index contributed by atoms with van der Waals surface area (Å²) in [5, 5.41) is 10.4. The zero-order valence-corrected chi connectivity index (χ0v) is 17.2. The minimum absolute atomic E-state index is 0.569. The molecule has 10 heteroatoms. The number of unbranched alkanes of at least 4 members (excludes halogenated alkanes) is 1. The van der Waals surface area contributed by atoms with Gasteiger partial charge in [-0.25, -0.2) is 0 Å². The van der Waals surface area contributed by atoms with Gasteiger partial charge in [0.15, 0.2) is 18.0 Å². The van der Waals surface area contributed by atoms with Gasteiger partial charge < -0.3 is 24.1 Å². The molecule has 0 aromatic heterocycles. The van der Waals surface area contributed by atoms with Crippen molar-refractivity contribution in [1.82, 2.24) is 0 Å². The van der Waals surface area contributed by atoms with E-state index in [2.05, 4.69) is 0 Å². The number of hydrogen-bond acceptors (Lipinski definition) is 10. The summed E-state index contributed by atoms with van der Waals surface area (Å²) in [6.07, 6.45) is -2.67. The summed E-state index contributed by atoms with van der Waals surface area (Å²) >= 11 is 0. The standard InChI is InChI=1S/C19H28O10/c1-6-7-8-9-15(24)17(27-12(3)21)19(29-14(5)23)18(28-13(4)22)16(25)10-26-11(2)20/h8-9,16-19,25H,6-7,10H2,1-5H3/t16-,17+,18-,19-/m1/s1. The van der Waals surface area contributed by atoms with Crippen LogP contribution in [0, 0.1) is 0 Å². The topological polar surface area (TPSA) is 143 Å². The minimum Gasteiger partial charge on any atom is -0.463 e. The fourth-order valence-electron chi connectivity index (χ4n) is 2.27. The van der Waals surface area contributed by atoms with E-state index in [1.807, 2.05) is 6.92 Å². The van der Waals surface area contributed by atoms with Crippen molar-refractivity contribution in [1.29, 1.82) is 0 Å². The molecule has 0 saturated carbocycles. The highest BCUT2D eigenvalue weighted by molar-refractivity contribution is 5.95. The molecule has 0 aliphatic heterocycles. The molecule has 1 N–H and O–H groups in total. The highest BCUT2D eigenvalue weighted by Crippen LogP contribution is 2.19. The number of aliphatic hydroxyl groups excluding tert-OH is 1. The van der Waals surface area contributed by atoms with Crippen molar-refractivity contribution in [3.05, 3.63) is 12.2 Å². The van der Waals surface area contributed by atoms with Crippen LogP contribution in [0.3, 0.4) is 0 Å². The molecule has 29 heavy (non-hydrogen) atoms. The molecule has 0 fully saturated rings. The lowest BCUT2D eigenvalue weighted by Gasteiger charge is -2.33. The van der Waals surface area contributed by atoms with Gasteiger partial charge in [0.25, 0.3) is 0 Å². The second kappa shape index (κ2) is 13.4. The number of allylic oxidation sites excluding steroid dienone is 1. The van der Waals surface area contributed by atoms with Gasteiger partial charge in [0.05, 0.1) is 0 Å². The largest absolute Gasteiger partial charge is 0.463 e. The molecule has 10 nitrogen and oxygen atoms in total. The average Bonchev–Trinajstić information content (AvgIpc) is 2.60. The van der Waals surface area contributed by atoms with Gasteiger partial charge in [0.2, 0.25) is 6.10 Å². The SMILES string of the molecule is CCCC=CC(=O)[C@H](OC(C)=O)[C@@H](OC(C)=O)[C@H](OC(C)=O)[C@H](O)COC(C)=O. The second-order valence-corrected chi connectivity index (χ2v) is 6.14. The van der Waals surface area contributed by atoms with E-state index in [-0.39, 0.29) is 0 Å². The summed E-state index contributed by atoms with van der Waals surface area (Å²) in [4.78, 5) is 58.3. The summed E-state index contributed by atoms with van der Waals surface area (Å²) < 4.78 is 19.8. The Morgan fingerprint density at radius 1 is 0.828 bits per heavy atom. The molecular formula is C19H28O10. The number of carbonyl (C=O) groups is 5. The normalized spacial score (nSPS) is 15.0. The van der Waals surface area contributed by atoms with Crippen LogP contribution in [0.15, 0.2) is 12.2 Å². The first-order valence-electron chi connectivity index (χ1n) is 9.03. The third-order valence-corrected chi connectivity index (χ3v) is 3.37. The molecule has 0 saturated heterocycles. The molecule has 0 aliphatic rings. The maximum Gasteiger partial charge on any atom is 0.303 e. The van der Waals surface area contributed by atoms with Gasteiger partial charge in [0.1, 0.15) is 12.7 Å². The van der Waals surface area contributed by atoms with E-state index in [1.54, 1.807) is 6.08 Å². The van der Waals surface area contributed by atoms with Crippen molar-refractivity contribution in [3.63, 3.8) is 0 Å². The number of rotatable bonds is 12. The molecule has 0 amide bonds. The van der Waals surface area contributed by atoms with E-state index in [4.69, 9.17) is 18.9 Å². The number of carbonyl (C=O) groups excluding carboxylic acids is 5. The number of ketones is 1. The highest BCUT2D eigenvalue weighted by Gasteiger charge is 2.44. The summed E-state index contributed by atoms with van der Waals surface area (Å²) in [6.45, 7) is 5.47. The van der Waals surface area contributed by atoms with E-state index >= 15 is 0 Å². The van der Waals surface area contributed by atoms with Crippen LogP contribution in [-0.4, -0.2) is 65.8 Å². The Morgan fingerprint density at radius 2 is 1.34 bits per heavy atom. The lowest BCUT2D eigenvalue weighted by Crippen LogP contribution is -2.54. The van der Waals surface area contributed by atoms with Gasteiger partial charge in [-0.2, -0.15) is 0 Å². The molecule has 0 heterocycles. The van der Waals surface area contributed by atoms with E-state index in [1.165, 1.54) is 0 Å². The first-order valence-corrected chi connectivity index (χ1v) is 9.03. The van der Waals surface area contributed by atoms with Gasteiger partial charge in [-0.3, -0.25) is 24.0 Å². The summed E-state index contributed by atoms with van der Waals surface area (Å²) in [6, 6.07) is 0. The van der Waals surface area contributed by atoms with Crippen molar-refractivity contribution in [3.8, 4) is 0 Å². The molecule has 0 rings (SSSR count). The first kappa shape index (κ1) is 26.2. The van der Waals surface area contributed by atoms with Crippen molar-refractivity contribution in [2.45, 2.75) is 71.9 Å². The van der Waals surface area contributed by atoms with Crippen molar-refractivity contribution >= 4 is 29.7 Å². The van der Waals surface area contributed by atoms with Gasteiger partial charge in [-0.05, 0) is 12.5 Å². The second-order valence-electron chi connectivity index (χ2n) is 6.14.